The highest BCUT2D eigenvalue weighted by molar-refractivity contribution is 8.18. The van der Waals surface area contributed by atoms with Crippen LogP contribution in [0.15, 0.2) is 74.3 Å². The minimum Gasteiger partial charge on any atom is -0.507 e. The summed E-state index contributed by atoms with van der Waals surface area (Å²) in [6.45, 7) is 0.166. The fourth-order valence-corrected chi connectivity index (χ4v) is 4.09. The van der Waals surface area contributed by atoms with Crippen molar-refractivity contribution in [2.75, 3.05) is 7.11 Å². The number of benzene rings is 2. The first-order chi connectivity index (χ1) is 15.9. The van der Waals surface area contributed by atoms with Crippen molar-refractivity contribution >= 4 is 46.7 Å². The van der Waals surface area contributed by atoms with Crippen molar-refractivity contribution < 1.29 is 24.2 Å². The van der Waals surface area contributed by atoms with E-state index in [-0.39, 0.29) is 24.0 Å². The van der Waals surface area contributed by atoms with E-state index in [1.165, 1.54) is 36.6 Å². The van der Waals surface area contributed by atoms with Crippen molar-refractivity contribution in [1.29, 1.82) is 0 Å². The van der Waals surface area contributed by atoms with Gasteiger partial charge in [-0.2, -0.15) is 5.10 Å². The Morgan fingerprint density at radius 2 is 2.00 bits per heavy atom. The van der Waals surface area contributed by atoms with Crippen LogP contribution in [0.25, 0.3) is 6.08 Å². The number of carbonyl (C=O) groups excluding carboxylic acids is 1. The third kappa shape index (κ3) is 5.21. The molecule has 10 heteroatoms. The number of aromatic hydroxyl groups is 2. The van der Waals surface area contributed by atoms with Crippen LogP contribution >= 0.6 is 23.4 Å². The molecular formula is C23H18ClN3O5S. The van der Waals surface area contributed by atoms with Gasteiger partial charge in [0, 0.05) is 10.6 Å². The summed E-state index contributed by atoms with van der Waals surface area (Å²) in [5.41, 5.74) is 1.07. The van der Waals surface area contributed by atoms with Gasteiger partial charge in [-0.3, -0.25) is 9.69 Å². The highest BCUT2D eigenvalue weighted by Gasteiger charge is 2.34. The van der Waals surface area contributed by atoms with Crippen molar-refractivity contribution in [3.8, 4) is 17.2 Å². The Kier molecular flexibility index (Phi) is 6.71. The van der Waals surface area contributed by atoms with Crippen LogP contribution in [0, 0.1) is 0 Å². The zero-order valence-electron chi connectivity index (χ0n) is 17.3. The average Bonchev–Trinajstić information content (AvgIpc) is 3.42. The van der Waals surface area contributed by atoms with E-state index in [1.54, 1.807) is 42.5 Å². The van der Waals surface area contributed by atoms with Gasteiger partial charge in [-0.05, 0) is 71.9 Å². The van der Waals surface area contributed by atoms with Gasteiger partial charge in [-0.15, -0.1) is 5.10 Å². The molecule has 0 saturated carbocycles. The number of hydrogen-bond acceptors (Lipinski definition) is 8. The Morgan fingerprint density at radius 1 is 1.18 bits per heavy atom. The molecule has 4 rings (SSSR count). The molecule has 1 amide bonds. The van der Waals surface area contributed by atoms with Crippen LogP contribution in [0.1, 0.15) is 16.9 Å². The first-order valence-corrected chi connectivity index (χ1v) is 10.8. The molecule has 1 saturated heterocycles. The minimum atomic E-state index is -0.309. The quantitative estimate of drug-likeness (QED) is 0.294. The van der Waals surface area contributed by atoms with Gasteiger partial charge in [0.25, 0.3) is 5.91 Å². The summed E-state index contributed by atoms with van der Waals surface area (Å²) in [7, 11) is 1.45. The van der Waals surface area contributed by atoms with Crippen LogP contribution in [0.4, 0.5) is 0 Å². The maximum Gasteiger partial charge on any atom is 0.267 e. The predicted molar refractivity (Wildman–Crippen MR) is 128 cm³/mol. The molecule has 2 N–H and O–H groups in total. The third-order valence-electron chi connectivity index (χ3n) is 4.61. The lowest BCUT2D eigenvalue weighted by atomic mass is 10.2. The molecule has 168 valence electrons. The smallest absolute Gasteiger partial charge is 0.267 e. The molecule has 2 aromatic carbocycles. The molecule has 33 heavy (non-hydrogen) atoms. The van der Waals surface area contributed by atoms with E-state index in [0.717, 1.165) is 11.8 Å². The Labute approximate surface area is 198 Å². The zero-order chi connectivity index (χ0) is 23.4. The summed E-state index contributed by atoms with van der Waals surface area (Å²) < 4.78 is 10.5. The molecule has 0 atom stereocenters. The molecule has 1 aliphatic heterocycles. The number of carbonyl (C=O) groups is 1. The molecule has 2 heterocycles. The Hall–Kier alpha value is -3.69. The van der Waals surface area contributed by atoms with Crippen molar-refractivity contribution in [1.82, 2.24) is 4.90 Å². The lowest BCUT2D eigenvalue weighted by molar-refractivity contribution is -0.122. The lowest BCUT2D eigenvalue weighted by Gasteiger charge is -2.12. The number of ether oxygens (including phenoxy) is 1. The third-order valence-corrected chi connectivity index (χ3v) is 5.84. The zero-order valence-corrected chi connectivity index (χ0v) is 18.9. The van der Waals surface area contributed by atoms with Gasteiger partial charge in [0.05, 0.1) is 31.0 Å². The number of amidine groups is 1. The molecule has 1 aromatic heterocycles. The Morgan fingerprint density at radius 3 is 2.76 bits per heavy atom. The van der Waals surface area contributed by atoms with Crippen molar-refractivity contribution in [3.63, 3.8) is 0 Å². The number of methoxy groups -OCH3 is 1. The van der Waals surface area contributed by atoms with Gasteiger partial charge in [0.15, 0.2) is 16.7 Å². The standard InChI is InChI=1S/C23H18ClN3O5S/c1-31-20-9-14(4-6-19(20)29)12-25-26-23-27(13-17-3-2-8-32-17)22(30)21(33-23)11-15-10-16(24)5-7-18(15)28/h2-12,28-29H,13H2,1H3/b21-11-,25-12-,26-23+. The maximum absolute atomic E-state index is 13.1. The molecule has 8 nitrogen and oxygen atoms in total. The number of phenols is 2. The first kappa shape index (κ1) is 22.5. The molecular weight excluding hydrogens is 466 g/mol. The molecule has 3 aromatic rings. The number of rotatable bonds is 6. The summed E-state index contributed by atoms with van der Waals surface area (Å²) >= 11 is 7.14. The number of phenolic OH excluding ortho intramolecular Hbond substituents is 2. The van der Waals surface area contributed by atoms with Gasteiger partial charge >= 0.3 is 0 Å². The second kappa shape index (κ2) is 9.85. The SMILES string of the molecule is COc1cc(/C=N\N=C2\S/C(=C\c3cc(Cl)ccc3O)C(=O)N2Cc2ccco2)ccc1O. The monoisotopic (exact) mass is 483 g/mol. The highest BCUT2D eigenvalue weighted by Crippen LogP contribution is 2.35. The van der Waals surface area contributed by atoms with Crippen LogP contribution in [0.3, 0.4) is 0 Å². The predicted octanol–water partition coefficient (Wildman–Crippen LogP) is 4.86. The number of amides is 1. The summed E-state index contributed by atoms with van der Waals surface area (Å²) in [5.74, 6) is 0.596. The summed E-state index contributed by atoms with van der Waals surface area (Å²) in [6.07, 6.45) is 4.56. The topological polar surface area (TPSA) is 108 Å². The number of hydrogen-bond donors (Lipinski definition) is 2. The fraction of sp³-hybridized carbons (Fsp3) is 0.0870. The number of halogens is 1. The fourth-order valence-electron chi connectivity index (χ4n) is 2.98. The van der Waals surface area contributed by atoms with Gasteiger partial charge in [-0.1, -0.05) is 11.6 Å². The van der Waals surface area contributed by atoms with Crippen LogP contribution < -0.4 is 4.74 Å². The molecule has 0 spiro atoms. The number of nitrogens with zero attached hydrogens (tertiary/aromatic N) is 3. The van der Waals surface area contributed by atoms with E-state index in [0.29, 0.717) is 37.7 Å². The first-order valence-electron chi connectivity index (χ1n) is 9.65. The molecule has 0 aliphatic carbocycles. The summed E-state index contributed by atoms with van der Waals surface area (Å²) in [4.78, 5) is 14.9. The second-order valence-corrected chi connectivity index (χ2v) is 8.29. The molecule has 0 unspecified atom stereocenters. The summed E-state index contributed by atoms with van der Waals surface area (Å²) in [5, 5.41) is 28.9. The van der Waals surface area contributed by atoms with Crippen LogP contribution in [0.5, 0.6) is 17.2 Å². The Balaban J connectivity index is 1.64. The van der Waals surface area contributed by atoms with Crippen molar-refractivity contribution in [2.24, 2.45) is 10.2 Å². The average molecular weight is 484 g/mol. The van der Waals surface area contributed by atoms with Crippen LogP contribution in [0.2, 0.25) is 5.02 Å². The van der Waals surface area contributed by atoms with Gasteiger partial charge < -0.3 is 19.4 Å². The van der Waals surface area contributed by atoms with Gasteiger partial charge in [-0.25, -0.2) is 0 Å². The molecule has 1 aliphatic rings. The van der Waals surface area contributed by atoms with Crippen LogP contribution in [-0.4, -0.2) is 39.5 Å². The molecule has 1 fully saturated rings. The normalized spacial score (nSPS) is 16.4. The van der Waals surface area contributed by atoms with Gasteiger partial charge in [0.1, 0.15) is 11.5 Å². The van der Waals surface area contributed by atoms with Crippen molar-refractivity contribution in [3.05, 3.63) is 81.6 Å². The van der Waals surface area contributed by atoms with E-state index in [2.05, 4.69) is 10.2 Å². The van der Waals surface area contributed by atoms with Crippen LogP contribution in [-0.2, 0) is 11.3 Å². The Bertz CT molecular complexity index is 1270. The minimum absolute atomic E-state index is 0.00238. The van der Waals surface area contributed by atoms with E-state index < -0.39 is 0 Å². The number of thioether (sulfide) groups is 1. The van der Waals surface area contributed by atoms with Crippen molar-refractivity contribution in [2.45, 2.75) is 6.54 Å². The lowest BCUT2D eigenvalue weighted by Crippen LogP contribution is -2.28. The largest absolute Gasteiger partial charge is 0.507 e. The van der Waals surface area contributed by atoms with E-state index in [4.69, 9.17) is 20.8 Å². The second-order valence-electron chi connectivity index (χ2n) is 6.84. The van der Waals surface area contributed by atoms with E-state index in [1.807, 2.05) is 0 Å². The summed E-state index contributed by atoms with van der Waals surface area (Å²) in [6, 6.07) is 12.8. The molecule has 0 bridgehead atoms. The maximum atomic E-state index is 13.1. The van der Waals surface area contributed by atoms with E-state index in [9.17, 15) is 15.0 Å². The molecule has 0 radical (unpaired) electrons. The van der Waals surface area contributed by atoms with E-state index >= 15 is 0 Å². The number of furan rings is 1. The highest BCUT2D eigenvalue weighted by atomic mass is 35.5. The van der Waals surface area contributed by atoms with Gasteiger partial charge in [0.2, 0.25) is 0 Å².